The minimum absolute atomic E-state index is 0.00314. The van der Waals surface area contributed by atoms with Gasteiger partial charge >= 0.3 is 5.97 Å². The molecule has 82 valence electrons. The maximum Gasteiger partial charge on any atom is 0.319 e. The van der Waals surface area contributed by atoms with Crippen molar-refractivity contribution in [3.8, 4) is 0 Å². The Morgan fingerprint density at radius 2 is 1.93 bits per heavy atom. The van der Waals surface area contributed by atoms with Crippen LogP contribution in [0.25, 0.3) is 0 Å². The standard InChI is InChI=1S/C10H12O4S/c11-7-6-9(10(12)13)15(14)8-4-2-1-3-5-8/h1-5,9,11H,6-7H2,(H,12,13). The number of carbonyl (C=O) groups is 1. The van der Waals surface area contributed by atoms with Crippen molar-refractivity contribution in [2.75, 3.05) is 6.61 Å². The Balaban J connectivity index is 2.86. The fourth-order valence-corrected chi connectivity index (χ4v) is 2.41. The summed E-state index contributed by atoms with van der Waals surface area (Å²) >= 11 is 0. The Hall–Kier alpha value is -1.20. The first kappa shape index (κ1) is 11.9. The fourth-order valence-electron chi connectivity index (χ4n) is 1.16. The lowest BCUT2D eigenvalue weighted by Gasteiger charge is -2.10. The molecule has 0 aromatic heterocycles. The molecule has 0 aliphatic carbocycles. The van der Waals surface area contributed by atoms with Crippen LogP contribution < -0.4 is 0 Å². The maximum absolute atomic E-state index is 11.8. The fraction of sp³-hybridized carbons (Fsp3) is 0.300. The predicted molar refractivity (Wildman–Crippen MR) is 56.0 cm³/mol. The van der Waals surface area contributed by atoms with Crippen molar-refractivity contribution in [3.05, 3.63) is 30.3 Å². The third-order valence-corrected chi connectivity index (χ3v) is 3.59. The Morgan fingerprint density at radius 3 is 2.40 bits per heavy atom. The highest BCUT2D eigenvalue weighted by Gasteiger charge is 2.24. The molecule has 1 rings (SSSR count). The lowest BCUT2D eigenvalue weighted by molar-refractivity contribution is -0.136. The summed E-state index contributed by atoms with van der Waals surface area (Å²) in [6.07, 6.45) is -0.00314. The van der Waals surface area contributed by atoms with Crippen molar-refractivity contribution in [1.29, 1.82) is 0 Å². The van der Waals surface area contributed by atoms with Crippen LogP contribution in [0.1, 0.15) is 6.42 Å². The van der Waals surface area contributed by atoms with Crippen LogP contribution >= 0.6 is 0 Å². The van der Waals surface area contributed by atoms with Crippen LogP contribution in [-0.4, -0.2) is 32.2 Å². The lowest BCUT2D eigenvalue weighted by Crippen LogP contribution is -2.26. The predicted octanol–water partition coefficient (Wildman–Crippen LogP) is 0.630. The van der Waals surface area contributed by atoms with Gasteiger partial charge in [-0.25, -0.2) is 0 Å². The Morgan fingerprint density at radius 1 is 1.33 bits per heavy atom. The molecule has 15 heavy (non-hydrogen) atoms. The second kappa shape index (κ2) is 5.63. The van der Waals surface area contributed by atoms with Crippen molar-refractivity contribution in [2.24, 2.45) is 0 Å². The molecule has 0 radical (unpaired) electrons. The van der Waals surface area contributed by atoms with E-state index in [1.807, 2.05) is 0 Å². The number of hydrogen-bond donors (Lipinski definition) is 2. The molecule has 1 aromatic carbocycles. The van der Waals surface area contributed by atoms with Gasteiger partial charge in [-0.3, -0.25) is 9.00 Å². The average Bonchev–Trinajstić information content (AvgIpc) is 2.26. The van der Waals surface area contributed by atoms with E-state index >= 15 is 0 Å². The Labute approximate surface area is 90.0 Å². The van der Waals surface area contributed by atoms with Crippen LogP contribution in [0, 0.1) is 0 Å². The molecule has 2 atom stereocenters. The minimum atomic E-state index is -1.61. The molecule has 0 heterocycles. The van der Waals surface area contributed by atoms with Gasteiger partial charge in [-0.2, -0.15) is 0 Å². The van der Waals surface area contributed by atoms with Crippen LogP contribution in [0.3, 0.4) is 0 Å². The summed E-state index contributed by atoms with van der Waals surface area (Å²) in [5.41, 5.74) is 0. The summed E-state index contributed by atoms with van der Waals surface area (Å²) in [7, 11) is -1.61. The molecule has 0 amide bonds. The summed E-state index contributed by atoms with van der Waals surface area (Å²) in [4.78, 5) is 11.3. The van der Waals surface area contributed by atoms with Gasteiger partial charge in [0.2, 0.25) is 0 Å². The van der Waals surface area contributed by atoms with Gasteiger partial charge in [0.1, 0.15) is 5.25 Å². The van der Waals surface area contributed by atoms with Gasteiger partial charge < -0.3 is 10.2 Å². The molecule has 4 nitrogen and oxygen atoms in total. The SMILES string of the molecule is O=C(O)C(CCO)S(=O)c1ccccc1. The van der Waals surface area contributed by atoms with E-state index in [-0.39, 0.29) is 13.0 Å². The number of hydrogen-bond acceptors (Lipinski definition) is 3. The van der Waals surface area contributed by atoms with E-state index < -0.39 is 22.0 Å². The highest BCUT2D eigenvalue weighted by Crippen LogP contribution is 2.13. The number of aliphatic carboxylic acids is 1. The summed E-state index contributed by atoms with van der Waals surface area (Å²) in [5, 5.41) is 16.5. The average molecular weight is 228 g/mol. The van der Waals surface area contributed by atoms with Crippen molar-refractivity contribution in [3.63, 3.8) is 0 Å². The molecule has 0 saturated carbocycles. The van der Waals surface area contributed by atoms with E-state index in [2.05, 4.69) is 0 Å². The molecule has 1 aromatic rings. The second-order valence-corrected chi connectivity index (χ2v) is 4.58. The van der Waals surface area contributed by atoms with Gasteiger partial charge in [-0.05, 0) is 18.6 Å². The topological polar surface area (TPSA) is 74.6 Å². The van der Waals surface area contributed by atoms with E-state index in [9.17, 15) is 9.00 Å². The number of rotatable bonds is 5. The number of aliphatic hydroxyl groups excluding tert-OH is 1. The molecule has 0 bridgehead atoms. The normalized spacial score (nSPS) is 14.5. The smallest absolute Gasteiger partial charge is 0.319 e. The van der Waals surface area contributed by atoms with E-state index in [4.69, 9.17) is 10.2 Å². The van der Waals surface area contributed by atoms with E-state index in [1.165, 1.54) is 0 Å². The minimum Gasteiger partial charge on any atom is -0.480 e. The van der Waals surface area contributed by atoms with Gasteiger partial charge in [0.15, 0.2) is 0 Å². The summed E-state index contributed by atoms with van der Waals surface area (Å²) in [5.74, 6) is -1.15. The quantitative estimate of drug-likeness (QED) is 0.775. The maximum atomic E-state index is 11.8. The van der Waals surface area contributed by atoms with Crippen LogP contribution in [0.15, 0.2) is 35.2 Å². The Kier molecular flexibility index (Phi) is 4.45. The number of benzene rings is 1. The van der Waals surface area contributed by atoms with Crippen LogP contribution in [-0.2, 0) is 15.6 Å². The monoisotopic (exact) mass is 228 g/mol. The first-order valence-electron chi connectivity index (χ1n) is 4.46. The van der Waals surface area contributed by atoms with Gasteiger partial charge in [-0.15, -0.1) is 0 Å². The molecular weight excluding hydrogens is 216 g/mol. The molecule has 2 N–H and O–H groups in total. The molecule has 0 saturated heterocycles. The second-order valence-electron chi connectivity index (χ2n) is 2.95. The third-order valence-electron chi connectivity index (χ3n) is 1.90. The zero-order valence-corrected chi connectivity index (χ0v) is 8.81. The highest BCUT2D eigenvalue weighted by molar-refractivity contribution is 7.86. The van der Waals surface area contributed by atoms with E-state index in [0.29, 0.717) is 4.90 Å². The summed E-state index contributed by atoms with van der Waals surface area (Å²) in [6, 6.07) is 8.39. The molecule has 5 heteroatoms. The molecular formula is C10H12O4S. The largest absolute Gasteiger partial charge is 0.480 e. The van der Waals surface area contributed by atoms with Crippen LogP contribution in [0.2, 0.25) is 0 Å². The van der Waals surface area contributed by atoms with Crippen molar-refractivity contribution in [2.45, 2.75) is 16.6 Å². The van der Waals surface area contributed by atoms with Gasteiger partial charge in [0, 0.05) is 11.5 Å². The first-order chi connectivity index (χ1) is 7.16. The number of carboxylic acid groups (broad SMARTS) is 1. The molecule has 2 unspecified atom stereocenters. The molecule has 0 fully saturated rings. The molecule has 0 aliphatic rings. The molecule has 0 aliphatic heterocycles. The Bertz CT molecular complexity index is 350. The van der Waals surface area contributed by atoms with Gasteiger partial charge in [0.25, 0.3) is 0 Å². The highest BCUT2D eigenvalue weighted by atomic mass is 32.2. The van der Waals surface area contributed by atoms with Crippen LogP contribution in [0.5, 0.6) is 0 Å². The zero-order chi connectivity index (χ0) is 11.3. The third kappa shape index (κ3) is 3.14. The number of aliphatic hydroxyl groups is 1. The van der Waals surface area contributed by atoms with E-state index in [0.717, 1.165) is 0 Å². The van der Waals surface area contributed by atoms with E-state index in [1.54, 1.807) is 30.3 Å². The van der Waals surface area contributed by atoms with Gasteiger partial charge in [0.05, 0.1) is 10.8 Å². The van der Waals surface area contributed by atoms with Gasteiger partial charge in [-0.1, -0.05) is 18.2 Å². The van der Waals surface area contributed by atoms with Crippen LogP contribution in [0.4, 0.5) is 0 Å². The van der Waals surface area contributed by atoms with Crippen molar-refractivity contribution in [1.82, 2.24) is 0 Å². The first-order valence-corrected chi connectivity index (χ1v) is 5.67. The lowest BCUT2D eigenvalue weighted by atomic mass is 10.3. The molecule has 0 spiro atoms. The summed E-state index contributed by atoms with van der Waals surface area (Å²) in [6.45, 7) is -0.282. The van der Waals surface area contributed by atoms with Crippen molar-refractivity contribution < 1.29 is 19.2 Å². The summed E-state index contributed by atoms with van der Waals surface area (Å²) < 4.78 is 11.8. The zero-order valence-electron chi connectivity index (χ0n) is 8.00. The van der Waals surface area contributed by atoms with Crippen molar-refractivity contribution >= 4 is 16.8 Å². The number of carboxylic acids is 1.